The smallest absolute Gasteiger partial charge is 0.00943 e. The van der Waals surface area contributed by atoms with Crippen molar-refractivity contribution in [3.05, 3.63) is 72.9 Å². The fraction of sp³-hybridized carbons (Fsp3) is 0.368. The largest absolute Gasteiger partial charge is 0.103 e. The van der Waals surface area contributed by atoms with Gasteiger partial charge in [-0.2, -0.15) is 0 Å². The van der Waals surface area contributed by atoms with Crippen LogP contribution >= 0.6 is 0 Å². The summed E-state index contributed by atoms with van der Waals surface area (Å²) in [5, 5.41) is 0. The molecule has 1 aromatic rings. The topological polar surface area (TPSA) is 0 Å². The molecule has 19 heavy (non-hydrogen) atoms. The van der Waals surface area contributed by atoms with E-state index in [2.05, 4.69) is 56.5 Å². The zero-order valence-electron chi connectivity index (χ0n) is 12.1. The van der Waals surface area contributed by atoms with E-state index in [4.69, 9.17) is 0 Å². The van der Waals surface area contributed by atoms with E-state index >= 15 is 0 Å². The summed E-state index contributed by atoms with van der Waals surface area (Å²) < 4.78 is 0. The summed E-state index contributed by atoms with van der Waals surface area (Å²) in [6.07, 6.45) is 12.8. The van der Waals surface area contributed by atoms with E-state index in [0.717, 1.165) is 12.8 Å². The molecule has 0 spiro atoms. The molecular weight excluding hydrogens is 228 g/mol. The van der Waals surface area contributed by atoms with E-state index in [9.17, 15) is 0 Å². The van der Waals surface area contributed by atoms with Crippen LogP contribution in [0.15, 0.2) is 61.2 Å². The molecule has 1 radical (unpaired) electrons. The van der Waals surface area contributed by atoms with Gasteiger partial charge in [0.1, 0.15) is 0 Å². The second kappa shape index (κ2) is 9.38. The summed E-state index contributed by atoms with van der Waals surface area (Å²) in [7, 11) is 0. The summed E-state index contributed by atoms with van der Waals surface area (Å²) >= 11 is 0. The van der Waals surface area contributed by atoms with Crippen LogP contribution in [-0.2, 0) is 6.42 Å². The van der Waals surface area contributed by atoms with Crippen LogP contribution in [0.5, 0.6) is 0 Å². The molecule has 0 aromatic heterocycles. The van der Waals surface area contributed by atoms with Crippen LogP contribution in [0.3, 0.4) is 0 Å². The average Bonchev–Trinajstić information content (AvgIpc) is 2.46. The molecule has 0 aliphatic heterocycles. The Kier molecular flexibility index (Phi) is 7.65. The molecule has 1 unspecified atom stereocenters. The first-order valence-electron chi connectivity index (χ1n) is 7.19. The molecule has 101 valence electrons. The highest BCUT2D eigenvalue weighted by Crippen LogP contribution is 2.24. The summed E-state index contributed by atoms with van der Waals surface area (Å²) in [5.74, 6) is 0.572. The van der Waals surface area contributed by atoms with Crippen molar-refractivity contribution < 1.29 is 0 Å². The van der Waals surface area contributed by atoms with Gasteiger partial charge >= 0.3 is 0 Å². The molecule has 0 saturated heterocycles. The lowest BCUT2D eigenvalue weighted by Gasteiger charge is -2.17. The lowest BCUT2D eigenvalue weighted by atomic mass is 9.88. The van der Waals surface area contributed by atoms with Crippen LogP contribution in [0.1, 0.15) is 38.2 Å². The van der Waals surface area contributed by atoms with E-state index in [1.165, 1.54) is 30.4 Å². The molecule has 0 heterocycles. The highest BCUT2D eigenvalue weighted by molar-refractivity contribution is 5.19. The van der Waals surface area contributed by atoms with Crippen molar-refractivity contribution in [2.45, 2.75) is 39.0 Å². The minimum absolute atomic E-state index is 0.572. The van der Waals surface area contributed by atoms with Gasteiger partial charge in [0.25, 0.3) is 0 Å². The van der Waals surface area contributed by atoms with Crippen molar-refractivity contribution in [2.24, 2.45) is 5.92 Å². The average molecular weight is 253 g/mol. The minimum atomic E-state index is 0.572. The Morgan fingerprint density at radius 1 is 1.21 bits per heavy atom. The highest BCUT2D eigenvalue weighted by atomic mass is 14.2. The van der Waals surface area contributed by atoms with E-state index in [1.54, 1.807) is 0 Å². The van der Waals surface area contributed by atoms with Gasteiger partial charge < -0.3 is 0 Å². The van der Waals surface area contributed by atoms with Crippen LogP contribution in [0.25, 0.3) is 0 Å². The van der Waals surface area contributed by atoms with Gasteiger partial charge in [-0.3, -0.25) is 0 Å². The number of rotatable bonds is 9. The van der Waals surface area contributed by atoms with Crippen LogP contribution in [-0.4, -0.2) is 0 Å². The minimum Gasteiger partial charge on any atom is -0.103 e. The Morgan fingerprint density at radius 2 is 1.95 bits per heavy atom. The Balaban J connectivity index is 2.65. The molecule has 0 nitrogen and oxygen atoms in total. The Labute approximate surface area is 118 Å². The first-order valence-corrected chi connectivity index (χ1v) is 7.19. The number of aryl methyl sites for hydroxylation is 1. The van der Waals surface area contributed by atoms with E-state index in [-0.39, 0.29) is 0 Å². The molecule has 0 amide bonds. The van der Waals surface area contributed by atoms with Crippen molar-refractivity contribution in [3.8, 4) is 0 Å². The quantitative estimate of drug-likeness (QED) is 0.401. The van der Waals surface area contributed by atoms with Crippen LogP contribution in [0.2, 0.25) is 0 Å². The maximum Gasteiger partial charge on any atom is -0.00943 e. The molecule has 1 atom stereocenters. The van der Waals surface area contributed by atoms with Crippen LogP contribution in [0, 0.1) is 12.0 Å². The zero-order valence-corrected chi connectivity index (χ0v) is 12.1. The third-order valence-corrected chi connectivity index (χ3v) is 3.37. The molecule has 1 rings (SSSR count). The fourth-order valence-corrected chi connectivity index (χ4v) is 2.36. The maximum atomic E-state index is 3.94. The normalized spacial score (nSPS) is 13.0. The number of allylic oxidation sites excluding steroid dienone is 4. The predicted molar refractivity (Wildman–Crippen MR) is 84.9 cm³/mol. The van der Waals surface area contributed by atoms with Crippen molar-refractivity contribution in [2.75, 3.05) is 0 Å². The lowest BCUT2D eigenvalue weighted by Crippen LogP contribution is -2.05. The van der Waals surface area contributed by atoms with Gasteiger partial charge in [-0.1, -0.05) is 62.4 Å². The molecular formula is C19H25. The van der Waals surface area contributed by atoms with Crippen molar-refractivity contribution in [1.82, 2.24) is 0 Å². The lowest BCUT2D eigenvalue weighted by molar-refractivity contribution is 0.517. The Bertz CT molecular complexity index is 397. The van der Waals surface area contributed by atoms with Gasteiger partial charge in [-0.15, -0.1) is 6.58 Å². The highest BCUT2D eigenvalue weighted by Gasteiger charge is 2.11. The second-order valence-corrected chi connectivity index (χ2v) is 4.84. The Morgan fingerprint density at radius 3 is 2.53 bits per heavy atom. The van der Waals surface area contributed by atoms with Crippen LogP contribution < -0.4 is 0 Å². The van der Waals surface area contributed by atoms with Crippen molar-refractivity contribution in [1.29, 1.82) is 0 Å². The van der Waals surface area contributed by atoms with E-state index in [1.807, 2.05) is 12.2 Å². The van der Waals surface area contributed by atoms with Crippen molar-refractivity contribution in [3.63, 3.8) is 0 Å². The van der Waals surface area contributed by atoms with Gasteiger partial charge in [-0.25, -0.2) is 0 Å². The van der Waals surface area contributed by atoms with E-state index in [0.29, 0.717) is 5.92 Å². The number of hydrogen-bond acceptors (Lipinski definition) is 0. The zero-order chi connectivity index (χ0) is 13.9. The van der Waals surface area contributed by atoms with Crippen LogP contribution in [0.4, 0.5) is 0 Å². The Hall–Kier alpha value is -1.56. The molecule has 1 aromatic carbocycles. The van der Waals surface area contributed by atoms with Gasteiger partial charge in [0, 0.05) is 0 Å². The molecule has 0 saturated carbocycles. The molecule has 0 heteroatoms. The molecule has 0 aliphatic carbocycles. The molecule has 0 bridgehead atoms. The summed E-state index contributed by atoms with van der Waals surface area (Å²) in [6, 6.07) is 10.7. The third kappa shape index (κ3) is 5.74. The fourth-order valence-electron chi connectivity index (χ4n) is 2.36. The standard InChI is InChI=1S/C19H25/c1-4-7-14-18(6-3)19(11-5-2)16-15-17-12-9-8-10-13-17/h4,6,8-10,12-13,19H,1,3,5,7,11,15-16H2,2H3. The third-order valence-electron chi connectivity index (χ3n) is 3.37. The summed E-state index contributed by atoms with van der Waals surface area (Å²) in [5.41, 5.74) is 2.67. The molecule has 0 aliphatic rings. The monoisotopic (exact) mass is 253 g/mol. The second-order valence-electron chi connectivity index (χ2n) is 4.84. The van der Waals surface area contributed by atoms with Gasteiger partial charge in [-0.05, 0) is 48.8 Å². The van der Waals surface area contributed by atoms with Gasteiger partial charge in [0.15, 0.2) is 0 Å². The summed E-state index contributed by atoms with van der Waals surface area (Å²) in [4.78, 5) is 0. The number of hydrogen-bond donors (Lipinski definition) is 0. The number of benzene rings is 1. The summed E-state index contributed by atoms with van der Waals surface area (Å²) in [6.45, 7) is 9.93. The SMILES string of the molecule is C=CC[C]=C(C=C)C(CCC)CCc1ccccc1. The maximum absolute atomic E-state index is 3.94. The van der Waals surface area contributed by atoms with E-state index < -0.39 is 0 Å². The van der Waals surface area contributed by atoms with Gasteiger partial charge in [0.2, 0.25) is 0 Å². The molecule has 0 fully saturated rings. The van der Waals surface area contributed by atoms with Crippen molar-refractivity contribution >= 4 is 0 Å². The first kappa shape index (κ1) is 15.5. The predicted octanol–water partition coefficient (Wildman–Crippen LogP) is 5.53. The first-order chi connectivity index (χ1) is 9.31. The van der Waals surface area contributed by atoms with Gasteiger partial charge in [0.05, 0.1) is 0 Å². The molecule has 0 N–H and O–H groups in total.